The summed E-state index contributed by atoms with van der Waals surface area (Å²) in [7, 11) is 0. The van der Waals surface area contributed by atoms with Gasteiger partial charge in [-0.05, 0) is 44.1 Å². The van der Waals surface area contributed by atoms with Crippen LogP contribution in [0.3, 0.4) is 0 Å². The molecule has 0 spiro atoms. The average molecular weight is 318 g/mol. The Kier molecular flexibility index (Phi) is 4.93. The van der Waals surface area contributed by atoms with Crippen molar-refractivity contribution in [3.05, 3.63) is 35.7 Å². The molecule has 0 bridgehead atoms. The number of allylic oxidation sites excluding steroid dienone is 2. The zero-order valence-corrected chi connectivity index (χ0v) is 14.3. The molecule has 1 aromatic carbocycles. The summed E-state index contributed by atoms with van der Waals surface area (Å²) >= 11 is 0. The molecule has 0 amide bonds. The highest BCUT2D eigenvalue weighted by Gasteiger charge is 2.40. The van der Waals surface area contributed by atoms with E-state index in [1.54, 1.807) is 6.07 Å². The minimum atomic E-state index is -0.328. The summed E-state index contributed by atoms with van der Waals surface area (Å²) in [5.41, 5.74) is 1.03. The zero-order chi connectivity index (χ0) is 16.4. The quantitative estimate of drug-likeness (QED) is 0.670. The largest absolute Gasteiger partial charge is 0.491 e. The fourth-order valence-electron chi connectivity index (χ4n) is 3.69. The average Bonchev–Trinajstić information content (AvgIpc) is 2.94. The first-order chi connectivity index (χ1) is 11.1. The van der Waals surface area contributed by atoms with Crippen LogP contribution in [-0.4, -0.2) is 12.7 Å². The van der Waals surface area contributed by atoms with E-state index in [0.717, 1.165) is 24.8 Å². The Morgan fingerprint density at radius 2 is 2.17 bits per heavy atom. The predicted octanol–water partition coefficient (Wildman–Crippen LogP) is 5.47. The van der Waals surface area contributed by atoms with Gasteiger partial charge < -0.3 is 9.47 Å². The van der Waals surface area contributed by atoms with Crippen LogP contribution >= 0.6 is 0 Å². The second-order valence-corrected chi connectivity index (χ2v) is 6.84. The maximum absolute atomic E-state index is 14.5. The molecule has 1 aliphatic carbocycles. The van der Waals surface area contributed by atoms with Gasteiger partial charge in [-0.1, -0.05) is 38.5 Å². The Morgan fingerprint density at radius 3 is 2.91 bits per heavy atom. The van der Waals surface area contributed by atoms with Crippen LogP contribution in [0.2, 0.25) is 0 Å². The van der Waals surface area contributed by atoms with E-state index in [9.17, 15) is 4.39 Å². The smallest absolute Gasteiger partial charge is 0.207 e. The van der Waals surface area contributed by atoms with Gasteiger partial charge in [0, 0.05) is 11.5 Å². The van der Waals surface area contributed by atoms with Gasteiger partial charge in [-0.15, -0.1) is 0 Å². The molecule has 3 heteroatoms. The van der Waals surface area contributed by atoms with Crippen molar-refractivity contribution in [2.24, 2.45) is 11.8 Å². The summed E-state index contributed by atoms with van der Waals surface area (Å²) in [6, 6.07) is 3.74. The second kappa shape index (κ2) is 6.94. The lowest BCUT2D eigenvalue weighted by Crippen LogP contribution is -2.27. The van der Waals surface area contributed by atoms with Gasteiger partial charge in [0.25, 0.3) is 0 Å². The Bertz CT molecular complexity index is 581. The summed E-state index contributed by atoms with van der Waals surface area (Å²) in [6.45, 7) is 6.78. The van der Waals surface area contributed by atoms with E-state index >= 15 is 0 Å². The fraction of sp³-hybridized carbons (Fsp3) is 0.600. The van der Waals surface area contributed by atoms with E-state index < -0.39 is 0 Å². The molecule has 4 atom stereocenters. The van der Waals surface area contributed by atoms with Gasteiger partial charge in [-0.3, -0.25) is 0 Å². The third-order valence-electron chi connectivity index (χ3n) is 5.25. The summed E-state index contributed by atoms with van der Waals surface area (Å²) in [5, 5.41) is 0. The van der Waals surface area contributed by atoms with Crippen molar-refractivity contribution in [1.29, 1.82) is 0 Å². The normalized spacial score (nSPS) is 27.4. The molecule has 3 unspecified atom stereocenters. The Labute approximate surface area is 138 Å². The van der Waals surface area contributed by atoms with Crippen molar-refractivity contribution in [2.45, 2.75) is 58.5 Å². The van der Waals surface area contributed by atoms with Gasteiger partial charge in [0.2, 0.25) is 5.82 Å². The third kappa shape index (κ3) is 3.24. The summed E-state index contributed by atoms with van der Waals surface area (Å²) in [5.74, 6) is 1.92. The monoisotopic (exact) mass is 318 g/mol. The van der Waals surface area contributed by atoms with Crippen LogP contribution in [0, 0.1) is 17.7 Å². The van der Waals surface area contributed by atoms with Gasteiger partial charge in [-0.25, -0.2) is 0 Å². The number of benzene rings is 1. The van der Waals surface area contributed by atoms with Gasteiger partial charge >= 0.3 is 0 Å². The summed E-state index contributed by atoms with van der Waals surface area (Å²) in [6.07, 6.45) is 9.15. The van der Waals surface area contributed by atoms with Crippen molar-refractivity contribution < 1.29 is 13.9 Å². The van der Waals surface area contributed by atoms with Crippen LogP contribution in [0.1, 0.15) is 57.9 Å². The molecule has 0 aromatic heterocycles. The standard InChI is InChI=1S/C20H27FO2/c1-4-13(3)6-7-14-8-9-15-16-10-11-17(22-5-2)19(21)20(16)23-18(15)12-14/h6-7,10-11,13-15,18H,4-5,8-9,12H2,1-3H3/b7-6+/t13?,14?,15-,18?/m0/s1. The van der Waals surface area contributed by atoms with Crippen molar-refractivity contribution in [3.63, 3.8) is 0 Å². The molecule has 0 saturated heterocycles. The zero-order valence-electron chi connectivity index (χ0n) is 14.3. The minimum absolute atomic E-state index is 0.108. The first-order valence-corrected chi connectivity index (χ1v) is 8.94. The van der Waals surface area contributed by atoms with E-state index in [2.05, 4.69) is 26.0 Å². The van der Waals surface area contributed by atoms with Gasteiger partial charge in [0.15, 0.2) is 11.5 Å². The topological polar surface area (TPSA) is 18.5 Å². The number of fused-ring (bicyclic) bond motifs is 3. The van der Waals surface area contributed by atoms with E-state index in [4.69, 9.17) is 9.47 Å². The highest BCUT2D eigenvalue weighted by Crippen LogP contribution is 2.49. The molecule has 23 heavy (non-hydrogen) atoms. The molecular formula is C20H27FO2. The van der Waals surface area contributed by atoms with Crippen molar-refractivity contribution >= 4 is 0 Å². The van der Waals surface area contributed by atoms with Crippen LogP contribution < -0.4 is 9.47 Å². The van der Waals surface area contributed by atoms with Crippen molar-refractivity contribution in [3.8, 4) is 11.5 Å². The highest BCUT2D eigenvalue weighted by atomic mass is 19.1. The first kappa shape index (κ1) is 16.4. The molecule has 1 aliphatic heterocycles. The lowest BCUT2D eigenvalue weighted by molar-refractivity contribution is 0.139. The molecule has 0 radical (unpaired) electrons. The maximum atomic E-state index is 14.5. The lowest BCUT2D eigenvalue weighted by Gasteiger charge is -2.29. The molecule has 0 N–H and O–H groups in total. The highest BCUT2D eigenvalue weighted by molar-refractivity contribution is 5.48. The summed E-state index contributed by atoms with van der Waals surface area (Å²) in [4.78, 5) is 0. The van der Waals surface area contributed by atoms with Crippen LogP contribution in [0.4, 0.5) is 4.39 Å². The third-order valence-corrected chi connectivity index (χ3v) is 5.25. The van der Waals surface area contributed by atoms with Crippen LogP contribution in [0.5, 0.6) is 11.5 Å². The van der Waals surface area contributed by atoms with E-state index in [1.807, 2.05) is 13.0 Å². The van der Waals surface area contributed by atoms with E-state index in [1.165, 1.54) is 6.42 Å². The lowest BCUT2D eigenvalue weighted by atomic mass is 9.77. The number of rotatable bonds is 5. The predicted molar refractivity (Wildman–Crippen MR) is 90.7 cm³/mol. The van der Waals surface area contributed by atoms with Crippen LogP contribution in [-0.2, 0) is 0 Å². The van der Waals surface area contributed by atoms with Crippen molar-refractivity contribution in [2.75, 3.05) is 6.61 Å². The molecule has 1 aromatic rings. The molecule has 1 heterocycles. The molecule has 1 fully saturated rings. The molecule has 2 aliphatic rings. The second-order valence-electron chi connectivity index (χ2n) is 6.84. The Balaban J connectivity index is 1.73. The Hall–Kier alpha value is -1.51. The van der Waals surface area contributed by atoms with E-state index in [0.29, 0.717) is 35.9 Å². The molecule has 1 saturated carbocycles. The van der Waals surface area contributed by atoms with Gasteiger partial charge in [0.1, 0.15) is 6.10 Å². The van der Waals surface area contributed by atoms with Gasteiger partial charge in [-0.2, -0.15) is 4.39 Å². The van der Waals surface area contributed by atoms with Crippen LogP contribution in [0.25, 0.3) is 0 Å². The molecule has 3 rings (SSSR count). The number of halogens is 1. The first-order valence-electron chi connectivity index (χ1n) is 8.94. The number of hydrogen-bond donors (Lipinski definition) is 0. The fourth-order valence-corrected chi connectivity index (χ4v) is 3.69. The SMILES string of the molecule is CCOc1ccc2c(c1F)OC1CC(/C=C/C(C)CC)CC[C@@H]21. The summed E-state index contributed by atoms with van der Waals surface area (Å²) < 4.78 is 25.9. The van der Waals surface area contributed by atoms with E-state index in [-0.39, 0.29) is 11.9 Å². The van der Waals surface area contributed by atoms with Crippen LogP contribution in [0.15, 0.2) is 24.3 Å². The van der Waals surface area contributed by atoms with Crippen molar-refractivity contribution in [1.82, 2.24) is 0 Å². The van der Waals surface area contributed by atoms with Gasteiger partial charge in [0.05, 0.1) is 6.61 Å². The number of hydrogen-bond acceptors (Lipinski definition) is 2. The Morgan fingerprint density at radius 1 is 1.35 bits per heavy atom. The number of ether oxygens (including phenoxy) is 2. The maximum Gasteiger partial charge on any atom is 0.207 e. The molecular weight excluding hydrogens is 291 g/mol. The minimum Gasteiger partial charge on any atom is -0.491 e. The molecule has 126 valence electrons. The molecule has 2 nitrogen and oxygen atoms in total.